The number of hydrogen-bond donors (Lipinski definition) is 1. The van der Waals surface area contributed by atoms with Crippen molar-refractivity contribution >= 4 is 11.6 Å². The zero-order valence-corrected chi connectivity index (χ0v) is 13.1. The Morgan fingerprint density at radius 1 is 1.05 bits per heavy atom. The van der Waals surface area contributed by atoms with Crippen LogP contribution in [-0.4, -0.2) is 7.11 Å². The van der Waals surface area contributed by atoms with Crippen LogP contribution in [0.4, 0.5) is 4.39 Å². The number of ether oxygens (including phenoxy) is 1. The zero-order chi connectivity index (χ0) is 15.4. The molecule has 0 heterocycles. The predicted octanol–water partition coefficient (Wildman–Crippen LogP) is 4.90. The van der Waals surface area contributed by atoms with Crippen LogP contribution in [0.3, 0.4) is 0 Å². The summed E-state index contributed by atoms with van der Waals surface area (Å²) in [6.07, 6.45) is 0. The average Bonchev–Trinajstić information content (AvgIpc) is 2.49. The first-order valence-corrected chi connectivity index (χ1v) is 7.24. The summed E-state index contributed by atoms with van der Waals surface area (Å²) < 4.78 is 18.8. The van der Waals surface area contributed by atoms with E-state index in [0.29, 0.717) is 0 Å². The van der Waals surface area contributed by atoms with Gasteiger partial charge in [-0.25, -0.2) is 4.39 Å². The first kappa shape index (κ1) is 15.8. The molecule has 0 radical (unpaired) electrons. The van der Waals surface area contributed by atoms with E-state index in [9.17, 15) is 4.39 Å². The van der Waals surface area contributed by atoms with Crippen molar-refractivity contribution < 1.29 is 9.13 Å². The van der Waals surface area contributed by atoms with E-state index in [1.165, 1.54) is 6.07 Å². The fourth-order valence-electron chi connectivity index (χ4n) is 2.26. The summed E-state index contributed by atoms with van der Waals surface area (Å²) in [4.78, 5) is 0. The van der Waals surface area contributed by atoms with Crippen LogP contribution in [-0.2, 0) is 0 Å². The van der Waals surface area contributed by atoms with E-state index in [0.717, 1.165) is 16.9 Å². The molecule has 2 nitrogen and oxygen atoms in total. The molecule has 1 unspecified atom stereocenters. The monoisotopic (exact) mass is 307 g/mol. The Kier molecular flexibility index (Phi) is 5.21. The van der Waals surface area contributed by atoms with Crippen LogP contribution in [0.2, 0.25) is 5.02 Å². The number of rotatable bonds is 5. The van der Waals surface area contributed by atoms with Gasteiger partial charge in [0.2, 0.25) is 0 Å². The molecule has 4 heteroatoms. The second kappa shape index (κ2) is 6.92. The average molecular weight is 308 g/mol. The Morgan fingerprint density at radius 2 is 1.71 bits per heavy atom. The van der Waals surface area contributed by atoms with Crippen molar-refractivity contribution in [3.05, 3.63) is 64.4 Å². The van der Waals surface area contributed by atoms with Gasteiger partial charge < -0.3 is 10.1 Å². The van der Waals surface area contributed by atoms with Gasteiger partial charge in [0.15, 0.2) is 0 Å². The van der Waals surface area contributed by atoms with Gasteiger partial charge in [0.25, 0.3) is 0 Å². The van der Waals surface area contributed by atoms with Crippen molar-refractivity contribution in [1.29, 1.82) is 0 Å². The van der Waals surface area contributed by atoms with Gasteiger partial charge in [-0.15, -0.1) is 0 Å². The summed E-state index contributed by atoms with van der Waals surface area (Å²) in [7, 11) is 1.65. The van der Waals surface area contributed by atoms with E-state index in [4.69, 9.17) is 16.3 Å². The fourth-order valence-corrected chi connectivity index (χ4v) is 2.38. The summed E-state index contributed by atoms with van der Waals surface area (Å²) >= 11 is 5.71. The minimum absolute atomic E-state index is 0.0120. The highest BCUT2D eigenvalue weighted by Crippen LogP contribution is 2.24. The molecule has 0 spiro atoms. The van der Waals surface area contributed by atoms with E-state index in [-0.39, 0.29) is 17.1 Å². The van der Waals surface area contributed by atoms with Gasteiger partial charge >= 0.3 is 0 Å². The maximum absolute atomic E-state index is 13.5. The zero-order valence-electron chi connectivity index (χ0n) is 12.4. The van der Waals surface area contributed by atoms with Gasteiger partial charge in [0.1, 0.15) is 11.6 Å². The van der Waals surface area contributed by atoms with Crippen molar-refractivity contribution in [3.8, 4) is 5.75 Å². The highest BCUT2D eigenvalue weighted by molar-refractivity contribution is 6.30. The summed E-state index contributed by atoms with van der Waals surface area (Å²) in [5.41, 5.74) is 1.99. The van der Waals surface area contributed by atoms with Crippen LogP contribution in [0.5, 0.6) is 5.75 Å². The standard InChI is InChI=1S/C17H19ClFNO/c1-11(13-5-4-6-15(9-13)21-3)20-12(2)14-7-8-16(18)17(19)10-14/h4-12,20H,1-3H3/t11-,12?/m0/s1. The van der Waals surface area contributed by atoms with Crippen LogP contribution >= 0.6 is 11.6 Å². The van der Waals surface area contributed by atoms with Gasteiger partial charge in [-0.1, -0.05) is 29.8 Å². The summed E-state index contributed by atoms with van der Waals surface area (Å²) in [6.45, 7) is 4.07. The number of benzene rings is 2. The lowest BCUT2D eigenvalue weighted by molar-refractivity contribution is 0.412. The lowest BCUT2D eigenvalue weighted by atomic mass is 10.0. The molecule has 0 saturated carbocycles. The quantitative estimate of drug-likeness (QED) is 0.848. The first-order valence-electron chi connectivity index (χ1n) is 6.86. The van der Waals surface area contributed by atoms with Crippen molar-refractivity contribution in [3.63, 3.8) is 0 Å². The third kappa shape index (κ3) is 3.96. The van der Waals surface area contributed by atoms with Gasteiger partial charge in [-0.05, 0) is 49.2 Å². The molecule has 2 aromatic carbocycles. The van der Waals surface area contributed by atoms with E-state index < -0.39 is 5.82 Å². The molecule has 2 rings (SSSR count). The lowest BCUT2D eigenvalue weighted by Crippen LogP contribution is -2.22. The first-order chi connectivity index (χ1) is 10.0. The van der Waals surface area contributed by atoms with Crippen LogP contribution in [0.25, 0.3) is 0 Å². The molecule has 21 heavy (non-hydrogen) atoms. The molecule has 1 N–H and O–H groups in total. The van der Waals surface area contributed by atoms with E-state index >= 15 is 0 Å². The van der Waals surface area contributed by atoms with Gasteiger partial charge in [-0.2, -0.15) is 0 Å². The maximum Gasteiger partial charge on any atom is 0.142 e. The van der Waals surface area contributed by atoms with Gasteiger partial charge in [0.05, 0.1) is 12.1 Å². The minimum atomic E-state index is -0.392. The second-order valence-corrected chi connectivity index (χ2v) is 5.47. The Hall–Kier alpha value is -1.58. The topological polar surface area (TPSA) is 21.3 Å². The predicted molar refractivity (Wildman–Crippen MR) is 84.4 cm³/mol. The molecule has 0 aliphatic heterocycles. The SMILES string of the molecule is COc1cccc([C@H](C)NC(C)c2ccc(Cl)c(F)c2)c1. The molecule has 0 bridgehead atoms. The normalized spacial score (nSPS) is 13.8. The fraction of sp³-hybridized carbons (Fsp3) is 0.294. The molecule has 0 aromatic heterocycles. The largest absolute Gasteiger partial charge is 0.497 e. The molecule has 2 atom stereocenters. The van der Waals surface area contributed by atoms with E-state index in [1.54, 1.807) is 13.2 Å². The molecule has 0 fully saturated rings. The smallest absolute Gasteiger partial charge is 0.142 e. The number of halogens is 2. The minimum Gasteiger partial charge on any atom is -0.497 e. The highest BCUT2D eigenvalue weighted by Gasteiger charge is 2.13. The summed E-state index contributed by atoms with van der Waals surface area (Å²) in [5.74, 6) is 0.434. The highest BCUT2D eigenvalue weighted by atomic mass is 35.5. The van der Waals surface area contributed by atoms with E-state index in [1.807, 2.05) is 37.3 Å². The van der Waals surface area contributed by atoms with Crippen molar-refractivity contribution in [2.24, 2.45) is 0 Å². The lowest BCUT2D eigenvalue weighted by Gasteiger charge is -2.21. The number of methoxy groups -OCH3 is 1. The van der Waals surface area contributed by atoms with Gasteiger partial charge in [0, 0.05) is 12.1 Å². The Morgan fingerprint density at radius 3 is 2.33 bits per heavy atom. The van der Waals surface area contributed by atoms with Crippen LogP contribution < -0.4 is 10.1 Å². The molecule has 2 aromatic rings. The van der Waals surface area contributed by atoms with Crippen molar-refractivity contribution in [2.75, 3.05) is 7.11 Å². The summed E-state index contributed by atoms with van der Waals surface area (Å²) in [6, 6.07) is 12.9. The van der Waals surface area contributed by atoms with Gasteiger partial charge in [-0.3, -0.25) is 0 Å². The van der Waals surface area contributed by atoms with Crippen LogP contribution in [0.15, 0.2) is 42.5 Å². The number of nitrogens with one attached hydrogen (secondary N) is 1. The molecular formula is C17H19ClFNO. The van der Waals surface area contributed by atoms with E-state index in [2.05, 4.69) is 12.2 Å². The van der Waals surface area contributed by atoms with Crippen molar-refractivity contribution in [1.82, 2.24) is 5.32 Å². The second-order valence-electron chi connectivity index (χ2n) is 5.06. The molecule has 0 amide bonds. The Labute approximate surface area is 129 Å². The van der Waals surface area contributed by atoms with Crippen molar-refractivity contribution in [2.45, 2.75) is 25.9 Å². The van der Waals surface area contributed by atoms with Crippen LogP contribution in [0, 0.1) is 5.82 Å². The third-order valence-corrected chi connectivity index (χ3v) is 3.84. The molecule has 112 valence electrons. The molecule has 0 saturated heterocycles. The third-order valence-electron chi connectivity index (χ3n) is 3.54. The van der Waals surface area contributed by atoms with Crippen LogP contribution in [0.1, 0.15) is 37.1 Å². The Bertz CT molecular complexity index is 617. The molecule has 0 aliphatic carbocycles. The number of hydrogen-bond acceptors (Lipinski definition) is 2. The Balaban J connectivity index is 2.10. The maximum atomic E-state index is 13.5. The molecular weight excluding hydrogens is 289 g/mol. The summed E-state index contributed by atoms with van der Waals surface area (Å²) in [5, 5.41) is 3.59. The molecule has 0 aliphatic rings.